The summed E-state index contributed by atoms with van der Waals surface area (Å²) in [6, 6.07) is 8.28. The van der Waals surface area contributed by atoms with Gasteiger partial charge in [-0.05, 0) is 37.7 Å². The Morgan fingerprint density at radius 3 is 2.76 bits per heavy atom. The Kier molecular flexibility index (Phi) is 5.82. The molecule has 0 fully saturated rings. The second kappa shape index (κ2) is 7.61. The average molecular weight is 320 g/mol. The van der Waals surface area contributed by atoms with E-state index in [1.54, 1.807) is 23.1 Å². The van der Waals surface area contributed by atoms with Gasteiger partial charge in [0.2, 0.25) is 5.91 Å². The zero-order valence-corrected chi connectivity index (χ0v) is 14.2. The van der Waals surface area contributed by atoms with Crippen LogP contribution >= 0.6 is 23.1 Å². The summed E-state index contributed by atoms with van der Waals surface area (Å²) in [5, 5.41) is 2.99. The first kappa shape index (κ1) is 16.0. The Bertz CT molecular complexity index is 622. The molecule has 0 bridgehead atoms. The lowest BCUT2D eigenvalue weighted by Crippen LogP contribution is -2.27. The zero-order valence-electron chi connectivity index (χ0n) is 12.6. The standard InChI is InChI=1S/C16H20N2OS2/c1-11-6-4-5-7-13(11)8-9-17-15(19)10-14-12(2)18-16(20-3)21-14/h4-7H,8-10H2,1-3H3,(H,17,19). The van der Waals surface area contributed by atoms with Gasteiger partial charge in [-0.1, -0.05) is 36.0 Å². The number of hydrogen-bond donors (Lipinski definition) is 1. The van der Waals surface area contributed by atoms with E-state index in [2.05, 4.69) is 29.4 Å². The van der Waals surface area contributed by atoms with Crippen molar-refractivity contribution in [2.75, 3.05) is 12.8 Å². The fourth-order valence-electron chi connectivity index (χ4n) is 2.09. The first-order chi connectivity index (χ1) is 10.1. The molecule has 1 aromatic heterocycles. The molecule has 0 spiro atoms. The number of aryl methyl sites for hydroxylation is 2. The molecular formula is C16H20N2OS2. The molecule has 21 heavy (non-hydrogen) atoms. The first-order valence-electron chi connectivity index (χ1n) is 6.91. The van der Waals surface area contributed by atoms with Crippen molar-refractivity contribution in [1.29, 1.82) is 0 Å². The third kappa shape index (κ3) is 4.58. The SMILES string of the molecule is CSc1nc(C)c(CC(=O)NCCc2ccccc2C)s1. The van der Waals surface area contributed by atoms with Crippen LogP contribution < -0.4 is 5.32 Å². The van der Waals surface area contributed by atoms with Gasteiger partial charge >= 0.3 is 0 Å². The molecule has 0 radical (unpaired) electrons. The molecule has 0 aliphatic carbocycles. The zero-order chi connectivity index (χ0) is 15.2. The van der Waals surface area contributed by atoms with Crippen LogP contribution in [0, 0.1) is 13.8 Å². The third-order valence-corrected chi connectivity index (χ3v) is 5.49. The minimum Gasteiger partial charge on any atom is -0.355 e. The van der Waals surface area contributed by atoms with Crippen LogP contribution in [-0.2, 0) is 17.6 Å². The van der Waals surface area contributed by atoms with Crippen LogP contribution in [0.4, 0.5) is 0 Å². The van der Waals surface area contributed by atoms with Crippen LogP contribution in [0.25, 0.3) is 0 Å². The average Bonchev–Trinajstić information content (AvgIpc) is 2.81. The Morgan fingerprint density at radius 2 is 2.10 bits per heavy atom. The molecule has 112 valence electrons. The van der Waals surface area contributed by atoms with Gasteiger partial charge in [-0.3, -0.25) is 4.79 Å². The van der Waals surface area contributed by atoms with Crippen LogP contribution in [0.1, 0.15) is 21.7 Å². The van der Waals surface area contributed by atoms with Crippen LogP contribution in [0.2, 0.25) is 0 Å². The number of carbonyl (C=O) groups is 1. The molecule has 0 aliphatic heterocycles. The number of benzene rings is 1. The summed E-state index contributed by atoms with van der Waals surface area (Å²) < 4.78 is 1.02. The number of aromatic nitrogens is 1. The maximum Gasteiger partial charge on any atom is 0.225 e. The monoisotopic (exact) mass is 320 g/mol. The van der Waals surface area contributed by atoms with E-state index >= 15 is 0 Å². The van der Waals surface area contributed by atoms with Crippen molar-refractivity contribution in [3.63, 3.8) is 0 Å². The van der Waals surface area contributed by atoms with Crippen LogP contribution in [0.15, 0.2) is 28.6 Å². The lowest BCUT2D eigenvalue weighted by Gasteiger charge is -2.07. The predicted molar refractivity (Wildman–Crippen MR) is 90.2 cm³/mol. The first-order valence-corrected chi connectivity index (χ1v) is 8.95. The number of amides is 1. The van der Waals surface area contributed by atoms with Crippen molar-refractivity contribution < 1.29 is 4.79 Å². The van der Waals surface area contributed by atoms with E-state index < -0.39 is 0 Å². The maximum atomic E-state index is 12.0. The van der Waals surface area contributed by atoms with Crippen molar-refractivity contribution in [2.24, 2.45) is 0 Å². The second-order valence-electron chi connectivity index (χ2n) is 4.90. The molecule has 0 aliphatic rings. The summed E-state index contributed by atoms with van der Waals surface area (Å²) in [7, 11) is 0. The van der Waals surface area contributed by atoms with Crippen LogP contribution in [0.5, 0.6) is 0 Å². The van der Waals surface area contributed by atoms with E-state index in [9.17, 15) is 4.79 Å². The van der Waals surface area contributed by atoms with E-state index in [4.69, 9.17) is 0 Å². The molecule has 1 aromatic carbocycles. The van der Waals surface area contributed by atoms with Crippen LogP contribution in [-0.4, -0.2) is 23.7 Å². The Hall–Kier alpha value is -1.33. The quantitative estimate of drug-likeness (QED) is 0.830. The van der Waals surface area contributed by atoms with Gasteiger partial charge in [0.05, 0.1) is 12.1 Å². The van der Waals surface area contributed by atoms with Gasteiger partial charge in [0.1, 0.15) is 4.34 Å². The van der Waals surface area contributed by atoms with Crippen molar-refractivity contribution in [3.05, 3.63) is 46.0 Å². The Labute approximate surface area is 134 Å². The fraction of sp³-hybridized carbons (Fsp3) is 0.375. The number of nitrogens with zero attached hydrogens (tertiary/aromatic N) is 1. The lowest BCUT2D eigenvalue weighted by atomic mass is 10.1. The third-order valence-electron chi connectivity index (χ3n) is 3.35. The summed E-state index contributed by atoms with van der Waals surface area (Å²) in [4.78, 5) is 17.5. The smallest absolute Gasteiger partial charge is 0.225 e. The van der Waals surface area contributed by atoms with Crippen molar-refractivity contribution in [3.8, 4) is 0 Å². The predicted octanol–water partition coefficient (Wildman–Crippen LogP) is 3.38. The van der Waals surface area contributed by atoms with Gasteiger partial charge in [0, 0.05) is 11.4 Å². The maximum absolute atomic E-state index is 12.0. The molecule has 1 amide bonds. The van der Waals surface area contributed by atoms with E-state index in [-0.39, 0.29) is 5.91 Å². The number of nitrogens with one attached hydrogen (secondary N) is 1. The molecule has 2 aromatic rings. The minimum absolute atomic E-state index is 0.0722. The molecule has 0 saturated carbocycles. The van der Waals surface area contributed by atoms with E-state index in [0.29, 0.717) is 13.0 Å². The highest BCUT2D eigenvalue weighted by Gasteiger charge is 2.11. The van der Waals surface area contributed by atoms with Gasteiger partial charge in [0.15, 0.2) is 0 Å². The molecular weight excluding hydrogens is 300 g/mol. The highest BCUT2D eigenvalue weighted by molar-refractivity contribution is 8.00. The molecule has 5 heteroatoms. The number of carbonyl (C=O) groups excluding carboxylic acids is 1. The summed E-state index contributed by atoms with van der Waals surface area (Å²) in [6.45, 7) is 4.74. The summed E-state index contributed by atoms with van der Waals surface area (Å²) in [6.07, 6.45) is 3.30. The van der Waals surface area contributed by atoms with Gasteiger partial charge in [-0.25, -0.2) is 4.98 Å². The summed E-state index contributed by atoms with van der Waals surface area (Å²) in [5.41, 5.74) is 3.53. The van der Waals surface area contributed by atoms with Crippen molar-refractivity contribution >= 4 is 29.0 Å². The van der Waals surface area contributed by atoms with E-state index in [1.807, 2.05) is 25.3 Å². The highest BCUT2D eigenvalue weighted by atomic mass is 32.2. The van der Waals surface area contributed by atoms with Crippen molar-refractivity contribution in [2.45, 2.75) is 31.0 Å². The van der Waals surface area contributed by atoms with Gasteiger partial charge in [0.25, 0.3) is 0 Å². The fourth-order valence-corrected chi connectivity index (χ4v) is 3.74. The number of thioether (sulfide) groups is 1. The van der Waals surface area contributed by atoms with E-state index in [0.717, 1.165) is 21.3 Å². The number of thiazole rings is 1. The van der Waals surface area contributed by atoms with Crippen LogP contribution in [0.3, 0.4) is 0 Å². The molecule has 0 unspecified atom stereocenters. The van der Waals surface area contributed by atoms with Gasteiger partial charge in [-0.15, -0.1) is 11.3 Å². The molecule has 1 N–H and O–H groups in total. The summed E-state index contributed by atoms with van der Waals surface area (Å²) >= 11 is 3.23. The number of rotatable bonds is 6. The molecule has 2 rings (SSSR count). The second-order valence-corrected chi connectivity index (χ2v) is 7.03. The minimum atomic E-state index is 0.0722. The van der Waals surface area contributed by atoms with E-state index in [1.165, 1.54) is 11.1 Å². The largest absolute Gasteiger partial charge is 0.355 e. The van der Waals surface area contributed by atoms with Crippen molar-refractivity contribution in [1.82, 2.24) is 10.3 Å². The lowest BCUT2D eigenvalue weighted by molar-refractivity contribution is -0.120. The molecule has 1 heterocycles. The Balaban J connectivity index is 1.82. The number of hydrogen-bond acceptors (Lipinski definition) is 4. The molecule has 3 nitrogen and oxygen atoms in total. The topological polar surface area (TPSA) is 42.0 Å². The molecule has 0 saturated heterocycles. The van der Waals surface area contributed by atoms with Gasteiger partial charge in [-0.2, -0.15) is 0 Å². The summed E-state index contributed by atoms with van der Waals surface area (Å²) in [5.74, 6) is 0.0722. The van der Waals surface area contributed by atoms with Gasteiger partial charge < -0.3 is 5.32 Å². The normalized spacial score (nSPS) is 10.6. The Morgan fingerprint density at radius 1 is 1.33 bits per heavy atom. The molecule has 0 atom stereocenters. The highest BCUT2D eigenvalue weighted by Crippen LogP contribution is 2.25.